The molecular weight excluding hydrogens is 634 g/mol. The highest BCUT2D eigenvalue weighted by molar-refractivity contribution is 5.70. The number of rotatable bonds is 41. The summed E-state index contributed by atoms with van der Waals surface area (Å²) < 4.78 is 11.6. The number of carbonyl (C=O) groups excluding carboxylic acids is 2. The normalized spacial score (nSPS) is 11.8. The molecule has 0 bridgehead atoms. The van der Waals surface area contributed by atoms with Crippen LogP contribution in [0.5, 0.6) is 0 Å². The van der Waals surface area contributed by atoms with E-state index in [1.807, 2.05) is 0 Å². The molecule has 0 spiro atoms. The maximum Gasteiger partial charge on any atom is 0.306 e. The fraction of sp³-hybridized carbons (Fsp3) is 0.956. The molecule has 0 atom stereocenters. The SMILES string of the molecule is CCCCCCCCCOC(=O)CCCCCCCN(CCO)CCCCCCCC(=O)OC(C)(CCCCCCCC)CCCCCCCC. The number of hydrogen-bond donors (Lipinski definition) is 1. The molecule has 0 rings (SSSR count). The van der Waals surface area contributed by atoms with Gasteiger partial charge in [-0.1, -0.05) is 162 Å². The Morgan fingerprint density at radius 2 is 0.843 bits per heavy atom. The second-order valence-electron chi connectivity index (χ2n) is 15.9. The Morgan fingerprint density at radius 1 is 0.471 bits per heavy atom. The Kier molecular flexibility index (Phi) is 37.7. The largest absolute Gasteiger partial charge is 0.466 e. The van der Waals surface area contributed by atoms with Crippen molar-refractivity contribution in [1.82, 2.24) is 4.90 Å². The van der Waals surface area contributed by atoms with Crippen molar-refractivity contribution in [3.63, 3.8) is 0 Å². The summed E-state index contributed by atoms with van der Waals surface area (Å²) in [6.07, 6.45) is 37.9. The third-order valence-electron chi connectivity index (χ3n) is 10.6. The Hall–Kier alpha value is -1.14. The highest BCUT2D eigenvalue weighted by Gasteiger charge is 2.27. The molecule has 0 radical (unpaired) electrons. The van der Waals surface area contributed by atoms with E-state index in [0.29, 0.717) is 19.4 Å². The maximum atomic E-state index is 12.9. The topological polar surface area (TPSA) is 76.1 Å². The lowest BCUT2D eigenvalue weighted by Crippen LogP contribution is -2.32. The second-order valence-corrected chi connectivity index (χ2v) is 15.9. The number of unbranched alkanes of at least 4 members (excludes halogenated alkanes) is 24. The van der Waals surface area contributed by atoms with Crippen LogP contribution in [0.1, 0.15) is 240 Å². The van der Waals surface area contributed by atoms with Gasteiger partial charge in [0.1, 0.15) is 5.60 Å². The maximum absolute atomic E-state index is 12.9. The van der Waals surface area contributed by atoms with E-state index in [9.17, 15) is 14.7 Å². The zero-order valence-electron chi connectivity index (χ0n) is 34.9. The first-order valence-corrected chi connectivity index (χ1v) is 22.6. The van der Waals surface area contributed by atoms with Crippen molar-refractivity contribution < 1.29 is 24.2 Å². The first-order valence-electron chi connectivity index (χ1n) is 22.6. The second kappa shape index (κ2) is 38.6. The van der Waals surface area contributed by atoms with Crippen molar-refractivity contribution >= 4 is 11.9 Å². The molecule has 0 aromatic heterocycles. The van der Waals surface area contributed by atoms with Crippen molar-refractivity contribution in [3.8, 4) is 0 Å². The number of carbonyl (C=O) groups is 2. The minimum atomic E-state index is -0.302. The summed E-state index contributed by atoms with van der Waals surface area (Å²) in [4.78, 5) is 27.3. The van der Waals surface area contributed by atoms with Crippen LogP contribution in [0.4, 0.5) is 0 Å². The molecular formula is C45H89NO5. The van der Waals surface area contributed by atoms with Crippen LogP contribution in [-0.2, 0) is 19.1 Å². The van der Waals surface area contributed by atoms with E-state index in [2.05, 4.69) is 32.6 Å². The minimum Gasteiger partial charge on any atom is -0.466 e. The Labute approximate surface area is 318 Å². The van der Waals surface area contributed by atoms with Crippen LogP contribution in [0.3, 0.4) is 0 Å². The molecule has 1 N–H and O–H groups in total. The van der Waals surface area contributed by atoms with Gasteiger partial charge in [0.05, 0.1) is 13.2 Å². The van der Waals surface area contributed by atoms with Gasteiger partial charge in [0, 0.05) is 19.4 Å². The van der Waals surface area contributed by atoms with Crippen molar-refractivity contribution in [3.05, 3.63) is 0 Å². The molecule has 0 heterocycles. The van der Waals surface area contributed by atoms with Gasteiger partial charge in [-0.25, -0.2) is 0 Å². The summed E-state index contributed by atoms with van der Waals surface area (Å²) in [5.74, 6) is -0.0297. The average Bonchev–Trinajstić information content (AvgIpc) is 3.11. The Bertz CT molecular complexity index is 728. The van der Waals surface area contributed by atoms with E-state index in [1.165, 1.54) is 116 Å². The van der Waals surface area contributed by atoms with Crippen LogP contribution >= 0.6 is 0 Å². The monoisotopic (exact) mass is 724 g/mol. The molecule has 6 heteroatoms. The smallest absolute Gasteiger partial charge is 0.306 e. The predicted molar refractivity (Wildman–Crippen MR) is 218 cm³/mol. The van der Waals surface area contributed by atoms with E-state index in [-0.39, 0.29) is 24.1 Å². The average molecular weight is 724 g/mol. The number of ether oxygens (including phenoxy) is 2. The lowest BCUT2D eigenvalue weighted by molar-refractivity contribution is -0.160. The number of aliphatic hydroxyl groups excluding tert-OH is 1. The number of hydrogen-bond acceptors (Lipinski definition) is 6. The lowest BCUT2D eigenvalue weighted by Gasteiger charge is -2.30. The van der Waals surface area contributed by atoms with Gasteiger partial charge < -0.3 is 19.5 Å². The van der Waals surface area contributed by atoms with E-state index >= 15 is 0 Å². The van der Waals surface area contributed by atoms with Crippen molar-refractivity contribution in [1.29, 1.82) is 0 Å². The number of nitrogens with zero attached hydrogens (tertiary/aromatic N) is 1. The summed E-state index contributed by atoms with van der Waals surface area (Å²) in [6.45, 7) is 12.6. The standard InChI is InChI=1S/C45H89NO5/c1-5-8-11-14-17-26-33-42-50-43(48)34-27-20-18-24-31-38-46(40-41-47)39-32-25-19-21-28-35-44(49)51-45(4,36-29-22-15-12-9-6-2)37-30-23-16-13-10-7-3/h47H,5-42H2,1-4H3. The van der Waals surface area contributed by atoms with Gasteiger partial charge >= 0.3 is 11.9 Å². The lowest BCUT2D eigenvalue weighted by atomic mass is 9.91. The molecule has 6 nitrogen and oxygen atoms in total. The first kappa shape index (κ1) is 49.9. The minimum absolute atomic E-state index is 0.00215. The highest BCUT2D eigenvalue weighted by Crippen LogP contribution is 2.28. The molecule has 0 saturated carbocycles. The molecule has 0 aliphatic heterocycles. The number of aliphatic hydroxyl groups is 1. The van der Waals surface area contributed by atoms with E-state index in [1.54, 1.807) is 0 Å². The van der Waals surface area contributed by atoms with Crippen molar-refractivity contribution in [2.24, 2.45) is 0 Å². The fourth-order valence-electron chi connectivity index (χ4n) is 7.18. The molecule has 0 saturated heterocycles. The molecule has 0 fully saturated rings. The van der Waals surface area contributed by atoms with Gasteiger partial charge in [-0.2, -0.15) is 0 Å². The Morgan fingerprint density at radius 3 is 1.29 bits per heavy atom. The van der Waals surface area contributed by atoms with Crippen molar-refractivity contribution in [2.45, 2.75) is 245 Å². The molecule has 0 aromatic rings. The summed E-state index contributed by atoms with van der Waals surface area (Å²) in [7, 11) is 0. The molecule has 51 heavy (non-hydrogen) atoms. The van der Waals surface area contributed by atoms with Gasteiger partial charge in [0.25, 0.3) is 0 Å². The molecule has 0 unspecified atom stereocenters. The van der Waals surface area contributed by atoms with Gasteiger partial charge in [-0.05, 0) is 77.8 Å². The third kappa shape index (κ3) is 35.6. The van der Waals surface area contributed by atoms with Gasteiger partial charge in [-0.15, -0.1) is 0 Å². The summed E-state index contributed by atoms with van der Waals surface area (Å²) >= 11 is 0. The van der Waals surface area contributed by atoms with Crippen molar-refractivity contribution in [2.75, 3.05) is 32.8 Å². The molecule has 304 valence electrons. The zero-order chi connectivity index (χ0) is 37.5. The fourth-order valence-corrected chi connectivity index (χ4v) is 7.18. The third-order valence-corrected chi connectivity index (χ3v) is 10.6. The van der Waals surface area contributed by atoms with Crippen LogP contribution in [-0.4, -0.2) is 60.4 Å². The molecule has 0 aliphatic carbocycles. The van der Waals surface area contributed by atoms with Crippen LogP contribution in [0, 0.1) is 0 Å². The first-order chi connectivity index (χ1) is 24.9. The molecule has 0 aliphatic rings. The van der Waals surface area contributed by atoms with Gasteiger partial charge in [0.15, 0.2) is 0 Å². The van der Waals surface area contributed by atoms with Gasteiger partial charge in [0.2, 0.25) is 0 Å². The zero-order valence-corrected chi connectivity index (χ0v) is 34.9. The summed E-state index contributed by atoms with van der Waals surface area (Å²) in [6, 6.07) is 0. The van der Waals surface area contributed by atoms with Gasteiger partial charge in [-0.3, -0.25) is 9.59 Å². The number of esters is 2. The van der Waals surface area contributed by atoms with Crippen LogP contribution < -0.4 is 0 Å². The highest BCUT2D eigenvalue weighted by atomic mass is 16.6. The van der Waals surface area contributed by atoms with E-state index in [0.717, 1.165) is 103 Å². The molecule has 0 aromatic carbocycles. The summed E-state index contributed by atoms with van der Waals surface area (Å²) in [5, 5.41) is 9.56. The predicted octanol–water partition coefficient (Wildman–Crippen LogP) is 13.1. The van der Waals surface area contributed by atoms with Crippen LogP contribution in [0.15, 0.2) is 0 Å². The quantitative estimate of drug-likeness (QED) is 0.0500. The van der Waals surface area contributed by atoms with E-state index < -0.39 is 0 Å². The van der Waals surface area contributed by atoms with Crippen LogP contribution in [0.2, 0.25) is 0 Å². The van der Waals surface area contributed by atoms with Crippen LogP contribution in [0.25, 0.3) is 0 Å². The Balaban J connectivity index is 4.04. The van der Waals surface area contributed by atoms with E-state index in [4.69, 9.17) is 9.47 Å². The molecule has 0 amide bonds. The summed E-state index contributed by atoms with van der Waals surface area (Å²) in [5.41, 5.74) is -0.302.